The first-order valence-corrected chi connectivity index (χ1v) is 16.3. The number of para-hydroxylation sites is 2. The summed E-state index contributed by atoms with van der Waals surface area (Å²) in [6.07, 6.45) is 12.7. The number of hydrogen-bond acceptors (Lipinski definition) is 10. The van der Waals surface area contributed by atoms with E-state index >= 15 is 0 Å². The van der Waals surface area contributed by atoms with Gasteiger partial charge >= 0.3 is 0 Å². The molecule has 6 heterocycles. The largest absolute Gasteiger partial charge is 0.507 e. The summed E-state index contributed by atoms with van der Waals surface area (Å²) >= 11 is 0. The summed E-state index contributed by atoms with van der Waals surface area (Å²) in [7, 11) is 0. The number of phenolic OH excluding ortho intramolecular Hbond substituents is 2. The molecule has 2 N–H and O–H groups in total. The highest BCUT2D eigenvalue weighted by Crippen LogP contribution is 2.35. The van der Waals surface area contributed by atoms with E-state index in [4.69, 9.17) is 0 Å². The molecule has 0 amide bonds. The summed E-state index contributed by atoms with van der Waals surface area (Å²) < 4.78 is 0. The Morgan fingerprint density at radius 3 is 1.33 bits per heavy atom. The third kappa shape index (κ3) is 6.46. The number of fused-ring (bicyclic) bond motifs is 4. The Morgan fingerprint density at radius 2 is 0.979 bits per heavy atom. The van der Waals surface area contributed by atoms with Crippen molar-refractivity contribution in [2.24, 2.45) is 0 Å². The van der Waals surface area contributed by atoms with Gasteiger partial charge < -0.3 is 29.8 Å². The Morgan fingerprint density at radius 1 is 0.562 bits per heavy atom. The molecule has 0 saturated carbocycles. The zero-order valence-electron chi connectivity index (χ0n) is 26.5. The summed E-state index contributed by atoms with van der Waals surface area (Å²) in [5.74, 6) is 1.76. The summed E-state index contributed by atoms with van der Waals surface area (Å²) in [5, 5.41) is 19.5. The van der Waals surface area contributed by atoms with Crippen molar-refractivity contribution < 1.29 is 19.8 Å². The van der Waals surface area contributed by atoms with Gasteiger partial charge in [0.25, 0.3) is 0 Å². The lowest BCUT2D eigenvalue weighted by molar-refractivity contribution is 0.103. The van der Waals surface area contributed by atoms with Crippen molar-refractivity contribution in [3.8, 4) is 11.5 Å². The molecule has 0 radical (unpaired) electrons. The van der Waals surface area contributed by atoms with Crippen LogP contribution < -0.4 is 9.80 Å². The lowest BCUT2D eigenvalue weighted by Crippen LogP contribution is -2.44. The standard InChI is InChI=1S/2C19H19N3O2/c2*23-17-6-2-1-5-16(17)18(24)8-10-21-12-15-11-14(21)13-22(15)19-7-3-4-9-20-19/h2*1-10,14-15,23H,11-13H2/b2*10-8+/t2*14-,15-/m11/s1. The van der Waals surface area contributed by atoms with Gasteiger partial charge in [0, 0.05) is 87.3 Å². The number of anilines is 2. The van der Waals surface area contributed by atoms with Crippen LogP contribution in [0.3, 0.4) is 0 Å². The van der Waals surface area contributed by atoms with Gasteiger partial charge in [0.15, 0.2) is 11.6 Å². The SMILES string of the molecule is O=C(/C=C/N1C[C@H]2C[C@@H]1CN2c1ccccn1)c1ccccc1O.O=C(/C=C/N1C[C@H]2C[C@@H]1CN2c1ccccn1)c1ccccc1O. The van der Waals surface area contributed by atoms with E-state index in [-0.39, 0.29) is 23.1 Å². The molecule has 0 unspecified atom stereocenters. The topological polar surface area (TPSA) is 113 Å². The van der Waals surface area contributed by atoms with Gasteiger partial charge in [-0.05, 0) is 61.4 Å². The molecule has 4 atom stereocenters. The maximum atomic E-state index is 12.2. The van der Waals surface area contributed by atoms with Crippen LogP contribution in [0.1, 0.15) is 33.6 Å². The minimum absolute atomic E-state index is 0.0245. The second-order valence-electron chi connectivity index (χ2n) is 12.6. The summed E-state index contributed by atoms with van der Waals surface area (Å²) in [6, 6.07) is 26.9. The van der Waals surface area contributed by atoms with Crippen LogP contribution in [0.25, 0.3) is 0 Å². The Kier molecular flexibility index (Phi) is 8.78. The monoisotopic (exact) mass is 642 g/mol. The molecule has 2 aromatic heterocycles. The van der Waals surface area contributed by atoms with Gasteiger partial charge in [-0.3, -0.25) is 9.59 Å². The van der Waals surface area contributed by atoms with Crippen molar-refractivity contribution in [3.63, 3.8) is 0 Å². The van der Waals surface area contributed by atoms with Crippen LogP contribution in [0.2, 0.25) is 0 Å². The van der Waals surface area contributed by atoms with E-state index in [1.165, 1.54) is 12.1 Å². The highest BCUT2D eigenvalue weighted by atomic mass is 16.3. The number of carbonyl (C=O) groups excluding carboxylic acids is 2. The van der Waals surface area contributed by atoms with Gasteiger partial charge in [-0.1, -0.05) is 36.4 Å². The maximum absolute atomic E-state index is 12.2. The first-order chi connectivity index (χ1) is 23.4. The van der Waals surface area contributed by atoms with E-state index in [0.29, 0.717) is 35.3 Å². The molecule has 8 rings (SSSR count). The molecule has 10 heteroatoms. The van der Waals surface area contributed by atoms with Crippen LogP contribution in [-0.2, 0) is 0 Å². The fourth-order valence-electron chi connectivity index (χ4n) is 7.24. The highest BCUT2D eigenvalue weighted by molar-refractivity contribution is 6.06. The van der Waals surface area contributed by atoms with E-state index in [1.807, 2.05) is 61.2 Å². The number of aromatic hydroxyl groups is 2. The molecule has 4 saturated heterocycles. The number of allylic oxidation sites excluding steroid dienone is 2. The Bertz CT molecular complexity index is 1680. The van der Waals surface area contributed by atoms with E-state index < -0.39 is 0 Å². The van der Waals surface area contributed by atoms with Gasteiger partial charge in [0.1, 0.15) is 23.1 Å². The van der Waals surface area contributed by atoms with Crippen molar-refractivity contribution in [1.82, 2.24) is 19.8 Å². The average Bonchev–Trinajstić information content (AvgIpc) is 3.93. The molecule has 4 aliphatic heterocycles. The predicted molar refractivity (Wildman–Crippen MR) is 184 cm³/mol. The van der Waals surface area contributed by atoms with E-state index in [1.54, 1.807) is 48.6 Å². The minimum Gasteiger partial charge on any atom is -0.507 e. The zero-order valence-corrected chi connectivity index (χ0v) is 26.5. The number of phenols is 2. The first-order valence-electron chi connectivity index (χ1n) is 16.3. The predicted octanol–water partition coefficient (Wildman–Crippen LogP) is 4.89. The molecule has 48 heavy (non-hydrogen) atoms. The fraction of sp³-hybridized carbons (Fsp3) is 0.263. The summed E-state index contributed by atoms with van der Waals surface area (Å²) in [4.78, 5) is 42.5. The van der Waals surface area contributed by atoms with E-state index in [9.17, 15) is 19.8 Å². The minimum atomic E-state index is -0.169. The van der Waals surface area contributed by atoms with Crippen molar-refractivity contribution in [2.45, 2.75) is 37.0 Å². The third-order valence-electron chi connectivity index (χ3n) is 9.63. The van der Waals surface area contributed by atoms with Crippen molar-refractivity contribution in [1.29, 1.82) is 0 Å². The number of ketones is 2. The number of rotatable bonds is 8. The number of benzene rings is 2. The number of carbonyl (C=O) groups is 2. The highest BCUT2D eigenvalue weighted by Gasteiger charge is 2.43. The quantitative estimate of drug-likeness (QED) is 0.203. The molecular weight excluding hydrogens is 604 g/mol. The molecule has 0 aliphatic carbocycles. The van der Waals surface area contributed by atoms with Crippen LogP contribution in [0, 0.1) is 0 Å². The summed E-state index contributed by atoms with van der Waals surface area (Å²) in [5.41, 5.74) is 0.682. The lowest BCUT2D eigenvalue weighted by atomic mass is 10.1. The van der Waals surface area contributed by atoms with Crippen LogP contribution in [-0.4, -0.2) is 91.9 Å². The molecule has 0 spiro atoms. The van der Waals surface area contributed by atoms with Crippen LogP contribution in [0.5, 0.6) is 11.5 Å². The zero-order chi connectivity index (χ0) is 33.0. The van der Waals surface area contributed by atoms with Gasteiger partial charge in [-0.15, -0.1) is 0 Å². The van der Waals surface area contributed by atoms with Crippen molar-refractivity contribution in [3.05, 3.63) is 133 Å². The first kappa shape index (κ1) is 31.0. The molecule has 4 aromatic rings. The van der Waals surface area contributed by atoms with Gasteiger partial charge in [0.05, 0.1) is 11.1 Å². The van der Waals surface area contributed by atoms with Crippen LogP contribution >= 0.6 is 0 Å². The molecule has 10 nitrogen and oxygen atoms in total. The van der Waals surface area contributed by atoms with E-state index in [2.05, 4.69) is 29.6 Å². The molecule has 4 aliphatic rings. The van der Waals surface area contributed by atoms with Gasteiger partial charge in [-0.25, -0.2) is 9.97 Å². The molecule has 4 bridgehead atoms. The Balaban J connectivity index is 0.000000152. The number of aromatic nitrogens is 2. The fourth-order valence-corrected chi connectivity index (χ4v) is 7.24. The summed E-state index contributed by atoms with van der Waals surface area (Å²) in [6.45, 7) is 3.64. The lowest BCUT2D eigenvalue weighted by Gasteiger charge is -2.34. The molecular formula is C38H38N6O4. The Labute approximate surface area is 279 Å². The molecule has 2 aromatic carbocycles. The molecule has 244 valence electrons. The molecule has 4 fully saturated rings. The average molecular weight is 643 g/mol. The maximum Gasteiger partial charge on any atom is 0.190 e. The number of hydrogen-bond donors (Lipinski definition) is 2. The van der Waals surface area contributed by atoms with Crippen LogP contribution in [0.4, 0.5) is 11.6 Å². The van der Waals surface area contributed by atoms with Crippen molar-refractivity contribution in [2.75, 3.05) is 36.0 Å². The number of piperazine rings is 2. The van der Waals surface area contributed by atoms with E-state index in [0.717, 1.165) is 50.7 Å². The van der Waals surface area contributed by atoms with Gasteiger partial charge in [0.2, 0.25) is 0 Å². The number of pyridine rings is 2. The van der Waals surface area contributed by atoms with Gasteiger partial charge in [-0.2, -0.15) is 0 Å². The number of likely N-dealkylation sites (tertiary alicyclic amines) is 2. The second kappa shape index (κ2) is 13.6. The van der Waals surface area contributed by atoms with Crippen molar-refractivity contribution >= 4 is 23.2 Å². The number of nitrogens with zero attached hydrogens (tertiary/aromatic N) is 6. The Hall–Kier alpha value is -5.64. The smallest absolute Gasteiger partial charge is 0.190 e. The third-order valence-corrected chi connectivity index (χ3v) is 9.63. The van der Waals surface area contributed by atoms with Crippen LogP contribution in [0.15, 0.2) is 122 Å². The normalized spacial score (nSPS) is 22.5. The second-order valence-corrected chi connectivity index (χ2v) is 12.6.